The molecule has 15 heavy (non-hydrogen) atoms. The molecule has 2 aromatic rings. The van der Waals surface area contributed by atoms with E-state index in [1.807, 2.05) is 6.20 Å². The van der Waals surface area contributed by atoms with Gasteiger partial charge in [-0.25, -0.2) is 4.98 Å². The molecule has 1 saturated carbocycles. The van der Waals surface area contributed by atoms with Gasteiger partial charge in [0.2, 0.25) is 0 Å². The Hall–Kier alpha value is -0.830. The Balaban J connectivity index is 2.22. The molecule has 0 aliphatic heterocycles. The number of aryl methyl sites for hydroxylation is 1. The summed E-state index contributed by atoms with van der Waals surface area (Å²) < 4.78 is 3.41. The fraction of sp³-hybridized carbons (Fsp3) is 0.417. The van der Waals surface area contributed by atoms with E-state index in [4.69, 9.17) is 0 Å². The molecule has 1 fully saturated rings. The second-order valence-electron chi connectivity index (χ2n) is 4.33. The van der Waals surface area contributed by atoms with Crippen molar-refractivity contribution < 1.29 is 0 Å². The Labute approximate surface area is 97.4 Å². The van der Waals surface area contributed by atoms with Gasteiger partial charge in [0.15, 0.2) is 0 Å². The Kier molecular flexibility index (Phi) is 2.09. The van der Waals surface area contributed by atoms with Crippen LogP contribution in [0, 0.1) is 6.92 Å². The van der Waals surface area contributed by atoms with Gasteiger partial charge in [-0.2, -0.15) is 0 Å². The van der Waals surface area contributed by atoms with Crippen molar-refractivity contribution in [1.29, 1.82) is 0 Å². The van der Waals surface area contributed by atoms with Gasteiger partial charge >= 0.3 is 0 Å². The molecule has 0 radical (unpaired) electrons. The van der Waals surface area contributed by atoms with Crippen molar-refractivity contribution in [3.8, 4) is 0 Å². The molecule has 0 spiro atoms. The van der Waals surface area contributed by atoms with Crippen LogP contribution in [0.2, 0.25) is 0 Å². The molecule has 2 aromatic heterocycles. The lowest BCUT2D eigenvalue weighted by Gasteiger charge is -2.27. The Bertz CT molecular complexity index is 512. The third-order valence-electron chi connectivity index (χ3n) is 3.30. The van der Waals surface area contributed by atoms with Crippen LogP contribution in [-0.2, 0) is 0 Å². The van der Waals surface area contributed by atoms with Crippen LogP contribution in [0.5, 0.6) is 0 Å². The van der Waals surface area contributed by atoms with Gasteiger partial charge in [-0.05, 0) is 53.7 Å². The molecule has 2 nitrogen and oxygen atoms in total. The van der Waals surface area contributed by atoms with Crippen molar-refractivity contribution >= 4 is 27.0 Å². The van der Waals surface area contributed by atoms with Gasteiger partial charge < -0.3 is 4.57 Å². The van der Waals surface area contributed by atoms with E-state index in [1.165, 1.54) is 30.2 Å². The van der Waals surface area contributed by atoms with Crippen molar-refractivity contribution in [3.05, 3.63) is 28.5 Å². The summed E-state index contributed by atoms with van der Waals surface area (Å²) in [6.07, 6.45) is 8.10. The van der Waals surface area contributed by atoms with Gasteiger partial charge in [0.25, 0.3) is 0 Å². The quantitative estimate of drug-likeness (QED) is 0.766. The Morgan fingerprint density at radius 1 is 1.47 bits per heavy atom. The fourth-order valence-corrected chi connectivity index (χ4v) is 2.54. The average molecular weight is 265 g/mol. The molecule has 1 aliphatic rings. The SMILES string of the molecule is Cc1cn(C2CCC2)c2ncc(Br)cc12. The monoisotopic (exact) mass is 264 g/mol. The van der Waals surface area contributed by atoms with E-state index in [0.717, 1.165) is 10.1 Å². The highest BCUT2D eigenvalue weighted by molar-refractivity contribution is 9.10. The average Bonchev–Trinajstić information content (AvgIpc) is 2.41. The van der Waals surface area contributed by atoms with Gasteiger partial charge in [0.1, 0.15) is 5.65 Å². The van der Waals surface area contributed by atoms with Gasteiger partial charge in [-0.15, -0.1) is 0 Å². The zero-order chi connectivity index (χ0) is 10.4. The van der Waals surface area contributed by atoms with Crippen LogP contribution in [0.3, 0.4) is 0 Å². The van der Waals surface area contributed by atoms with Crippen LogP contribution < -0.4 is 0 Å². The third kappa shape index (κ3) is 1.41. The summed E-state index contributed by atoms with van der Waals surface area (Å²) in [4.78, 5) is 4.52. The van der Waals surface area contributed by atoms with E-state index in [2.05, 4.69) is 44.7 Å². The van der Waals surface area contributed by atoms with Crippen molar-refractivity contribution in [2.75, 3.05) is 0 Å². The highest BCUT2D eigenvalue weighted by Gasteiger charge is 2.21. The maximum Gasteiger partial charge on any atom is 0.140 e. The summed E-state index contributed by atoms with van der Waals surface area (Å²) in [6.45, 7) is 2.16. The summed E-state index contributed by atoms with van der Waals surface area (Å²) in [7, 11) is 0. The van der Waals surface area contributed by atoms with E-state index in [0.29, 0.717) is 6.04 Å². The summed E-state index contributed by atoms with van der Waals surface area (Å²) in [5.74, 6) is 0. The number of fused-ring (bicyclic) bond motifs is 1. The Morgan fingerprint density at radius 2 is 2.27 bits per heavy atom. The van der Waals surface area contributed by atoms with Crippen molar-refractivity contribution in [1.82, 2.24) is 9.55 Å². The molecule has 0 saturated heterocycles. The lowest BCUT2D eigenvalue weighted by molar-refractivity contribution is 0.320. The highest BCUT2D eigenvalue weighted by Crippen LogP contribution is 2.35. The standard InChI is InChI=1S/C12H13BrN2/c1-8-7-15(10-3-2-4-10)12-11(8)5-9(13)6-14-12/h5-7,10H,2-4H2,1H3. The molecule has 0 atom stereocenters. The van der Waals surface area contributed by atoms with Gasteiger partial charge in [0, 0.05) is 28.3 Å². The summed E-state index contributed by atoms with van der Waals surface area (Å²) in [6, 6.07) is 2.85. The highest BCUT2D eigenvalue weighted by atomic mass is 79.9. The zero-order valence-electron chi connectivity index (χ0n) is 8.70. The van der Waals surface area contributed by atoms with E-state index >= 15 is 0 Å². The van der Waals surface area contributed by atoms with Crippen molar-refractivity contribution in [2.24, 2.45) is 0 Å². The molecular formula is C12H13BrN2. The first-order valence-electron chi connectivity index (χ1n) is 5.38. The normalized spacial score (nSPS) is 16.9. The van der Waals surface area contributed by atoms with Crippen LogP contribution in [0.1, 0.15) is 30.9 Å². The number of hydrogen-bond donors (Lipinski definition) is 0. The van der Waals surface area contributed by atoms with E-state index in [1.54, 1.807) is 0 Å². The zero-order valence-corrected chi connectivity index (χ0v) is 10.3. The number of hydrogen-bond acceptors (Lipinski definition) is 1. The molecule has 0 amide bonds. The van der Waals surface area contributed by atoms with E-state index < -0.39 is 0 Å². The number of nitrogens with zero attached hydrogens (tertiary/aromatic N) is 2. The Morgan fingerprint density at radius 3 is 2.93 bits per heavy atom. The van der Waals surface area contributed by atoms with Crippen LogP contribution >= 0.6 is 15.9 Å². The summed E-state index contributed by atoms with van der Waals surface area (Å²) in [5.41, 5.74) is 2.46. The molecule has 0 unspecified atom stereocenters. The second-order valence-corrected chi connectivity index (χ2v) is 5.24. The minimum atomic E-state index is 0.690. The molecule has 3 heteroatoms. The molecular weight excluding hydrogens is 252 g/mol. The predicted molar refractivity (Wildman–Crippen MR) is 65.1 cm³/mol. The number of halogens is 1. The first-order chi connectivity index (χ1) is 7.25. The molecule has 3 rings (SSSR count). The van der Waals surface area contributed by atoms with Crippen LogP contribution in [0.4, 0.5) is 0 Å². The van der Waals surface area contributed by atoms with Crippen molar-refractivity contribution in [3.63, 3.8) is 0 Å². The van der Waals surface area contributed by atoms with E-state index in [9.17, 15) is 0 Å². The topological polar surface area (TPSA) is 17.8 Å². The molecule has 0 aromatic carbocycles. The summed E-state index contributed by atoms with van der Waals surface area (Å²) in [5, 5.41) is 1.27. The molecule has 0 bridgehead atoms. The minimum absolute atomic E-state index is 0.690. The maximum absolute atomic E-state index is 4.52. The largest absolute Gasteiger partial charge is 0.329 e. The molecule has 2 heterocycles. The lowest BCUT2D eigenvalue weighted by atomic mass is 9.93. The number of rotatable bonds is 1. The number of pyridine rings is 1. The van der Waals surface area contributed by atoms with Crippen LogP contribution in [-0.4, -0.2) is 9.55 Å². The first-order valence-corrected chi connectivity index (χ1v) is 6.17. The van der Waals surface area contributed by atoms with Crippen molar-refractivity contribution in [2.45, 2.75) is 32.2 Å². The van der Waals surface area contributed by atoms with Gasteiger partial charge in [0.05, 0.1) is 0 Å². The smallest absolute Gasteiger partial charge is 0.140 e. The van der Waals surface area contributed by atoms with Crippen LogP contribution in [0.15, 0.2) is 22.9 Å². The van der Waals surface area contributed by atoms with Crippen LogP contribution in [0.25, 0.3) is 11.0 Å². The predicted octanol–water partition coefficient (Wildman–Crippen LogP) is 3.83. The van der Waals surface area contributed by atoms with Gasteiger partial charge in [-0.1, -0.05) is 0 Å². The van der Waals surface area contributed by atoms with Gasteiger partial charge in [-0.3, -0.25) is 0 Å². The molecule has 78 valence electrons. The van der Waals surface area contributed by atoms with E-state index in [-0.39, 0.29) is 0 Å². The second kappa shape index (κ2) is 3.34. The minimum Gasteiger partial charge on any atom is -0.329 e. The first kappa shape index (κ1) is 9.40. The molecule has 1 aliphatic carbocycles. The lowest BCUT2D eigenvalue weighted by Crippen LogP contribution is -2.16. The summed E-state index contributed by atoms with van der Waals surface area (Å²) >= 11 is 3.47. The molecule has 0 N–H and O–H groups in total. The maximum atomic E-state index is 4.52. The third-order valence-corrected chi connectivity index (χ3v) is 3.74. The number of aromatic nitrogens is 2. The fourth-order valence-electron chi connectivity index (χ4n) is 2.21.